The lowest BCUT2D eigenvalue weighted by Gasteiger charge is -2.35. The van der Waals surface area contributed by atoms with E-state index in [2.05, 4.69) is 54.0 Å². The number of ketones is 1. The van der Waals surface area contributed by atoms with Crippen LogP contribution in [0.15, 0.2) is 102 Å². The van der Waals surface area contributed by atoms with Crippen molar-refractivity contribution < 1.29 is 34.0 Å². The molecule has 2 bridgehead atoms. The monoisotopic (exact) mass is 760 g/mol. The Bertz CT molecular complexity index is 2540. The molecule has 9 heteroatoms. The fourth-order valence-electron chi connectivity index (χ4n) is 8.13. The molecular weight excluding hydrogens is 717 g/mol. The van der Waals surface area contributed by atoms with Crippen LogP contribution in [0.4, 0.5) is 0 Å². The Morgan fingerprint density at radius 2 is 1.77 bits per heavy atom. The molecule has 1 unspecified atom stereocenters. The number of amides is 1. The standard InChI is InChI=1S/C48H44N2O7/c1-3-11-39-46-31(2)42(52)29-48(39,54)19-9-5-4-6-14-43(46)55-21-10-22-56-44-27-33-17-18-37-25-36(30-50(37)47(53)38(33)28-45(44)57-23-20-51)32-15-16-35-24-34-12-7-8-13-40(34)49-41(35)26-32/h4-5,7-8,11-13,15-16,24,26-28,30,37,43,51,54H,3,10,17-18,20-23,25,29H2,1-2H3/b5-4-,39-11+/t37?,43-,48-/m0/s1. The van der Waals surface area contributed by atoms with Crippen molar-refractivity contribution in [2.24, 2.45) is 0 Å². The Hall–Kier alpha value is -5.97. The van der Waals surface area contributed by atoms with Gasteiger partial charge in [-0.3, -0.25) is 9.59 Å². The Labute approximate surface area is 332 Å². The third-order valence-corrected chi connectivity index (χ3v) is 11.0. The van der Waals surface area contributed by atoms with Crippen LogP contribution in [0.3, 0.4) is 0 Å². The number of hydrogen-bond donors (Lipinski definition) is 2. The minimum Gasteiger partial charge on any atom is -0.490 e. The minimum atomic E-state index is -1.62. The van der Waals surface area contributed by atoms with Crippen LogP contribution >= 0.6 is 0 Å². The van der Waals surface area contributed by atoms with Crippen molar-refractivity contribution in [3.05, 3.63) is 119 Å². The summed E-state index contributed by atoms with van der Waals surface area (Å²) in [4.78, 5) is 34.0. The molecule has 4 aliphatic rings. The highest BCUT2D eigenvalue weighted by Crippen LogP contribution is 2.41. The predicted molar refractivity (Wildman–Crippen MR) is 219 cm³/mol. The van der Waals surface area contributed by atoms with Gasteiger partial charge in [0.2, 0.25) is 0 Å². The van der Waals surface area contributed by atoms with E-state index in [-0.39, 0.29) is 50.6 Å². The molecule has 3 heterocycles. The summed E-state index contributed by atoms with van der Waals surface area (Å²) in [6.45, 7) is 4.08. The zero-order valence-electron chi connectivity index (χ0n) is 32.1. The predicted octanol–water partition coefficient (Wildman–Crippen LogP) is 7.05. The summed E-state index contributed by atoms with van der Waals surface area (Å²) in [5, 5.41) is 23.3. The van der Waals surface area contributed by atoms with Gasteiger partial charge < -0.3 is 29.3 Å². The Morgan fingerprint density at radius 1 is 0.965 bits per heavy atom. The quantitative estimate of drug-likeness (QED) is 0.0950. The van der Waals surface area contributed by atoms with Crippen molar-refractivity contribution in [2.75, 3.05) is 26.4 Å². The van der Waals surface area contributed by atoms with Crippen molar-refractivity contribution >= 4 is 39.1 Å². The lowest BCUT2D eigenvalue weighted by atomic mass is 9.73. The van der Waals surface area contributed by atoms with E-state index in [1.807, 2.05) is 48.4 Å². The number of aliphatic hydroxyl groups is 2. The molecule has 0 fully saturated rings. The zero-order chi connectivity index (χ0) is 39.5. The van der Waals surface area contributed by atoms with Crippen molar-refractivity contribution in [3.8, 4) is 35.2 Å². The van der Waals surface area contributed by atoms with E-state index < -0.39 is 11.7 Å². The topological polar surface area (TPSA) is 118 Å². The van der Waals surface area contributed by atoms with E-state index in [9.17, 15) is 19.8 Å². The molecular formula is C48H44N2O7. The van der Waals surface area contributed by atoms with Gasteiger partial charge in [-0.2, -0.15) is 0 Å². The molecule has 0 radical (unpaired) electrons. The largest absolute Gasteiger partial charge is 0.490 e. The van der Waals surface area contributed by atoms with Gasteiger partial charge >= 0.3 is 0 Å². The number of Topliss-reactive ketones (excluding diaryl/α,β-unsaturated/α-hetero) is 1. The van der Waals surface area contributed by atoms with Gasteiger partial charge in [-0.25, -0.2) is 4.98 Å². The highest BCUT2D eigenvalue weighted by Gasteiger charge is 2.42. The van der Waals surface area contributed by atoms with Gasteiger partial charge in [0.15, 0.2) is 22.9 Å². The second-order valence-corrected chi connectivity index (χ2v) is 14.7. The van der Waals surface area contributed by atoms with Crippen molar-refractivity contribution in [2.45, 2.75) is 70.1 Å². The molecule has 2 aliphatic heterocycles. The number of ether oxygens (including phenoxy) is 3. The molecule has 4 aromatic rings. The number of para-hydroxylation sites is 1. The van der Waals surface area contributed by atoms with Crippen LogP contribution in [0, 0.1) is 23.7 Å². The highest BCUT2D eigenvalue weighted by molar-refractivity contribution is 6.01. The van der Waals surface area contributed by atoms with Crippen molar-refractivity contribution in [1.29, 1.82) is 0 Å². The molecule has 3 atom stereocenters. The van der Waals surface area contributed by atoms with Crippen molar-refractivity contribution in [3.63, 3.8) is 0 Å². The summed E-state index contributed by atoms with van der Waals surface area (Å²) >= 11 is 0. The lowest BCUT2D eigenvalue weighted by molar-refractivity contribution is -0.118. The number of carbonyl (C=O) groups is 2. The first-order valence-corrected chi connectivity index (χ1v) is 19.6. The Kier molecular flexibility index (Phi) is 10.8. The average Bonchev–Trinajstić information content (AvgIpc) is 3.60. The van der Waals surface area contributed by atoms with Gasteiger partial charge in [0, 0.05) is 40.6 Å². The third kappa shape index (κ3) is 7.62. The maximum absolute atomic E-state index is 14.2. The summed E-state index contributed by atoms with van der Waals surface area (Å²) in [5.41, 5.74) is 5.50. The van der Waals surface area contributed by atoms with Gasteiger partial charge in [-0.05, 0) is 103 Å². The number of aliphatic hydroxyl groups excluding tert-OH is 1. The molecule has 2 aliphatic carbocycles. The number of fused-ring (bicyclic) bond motifs is 6. The highest BCUT2D eigenvalue weighted by atomic mass is 16.5. The van der Waals surface area contributed by atoms with E-state index in [1.54, 1.807) is 25.1 Å². The van der Waals surface area contributed by atoms with E-state index in [0.29, 0.717) is 53.0 Å². The summed E-state index contributed by atoms with van der Waals surface area (Å²) in [6.07, 6.45) is 9.50. The molecule has 2 N–H and O–H groups in total. The van der Waals surface area contributed by atoms with Crippen LogP contribution in [0.1, 0.15) is 67.4 Å². The van der Waals surface area contributed by atoms with Gasteiger partial charge in [0.1, 0.15) is 12.7 Å². The molecule has 8 rings (SSSR count). The van der Waals surface area contributed by atoms with Crippen molar-refractivity contribution in [1.82, 2.24) is 9.88 Å². The molecule has 0 saturated heterocycles. The maximum Gasteiger partial charge on any atom is 0.258 e. The van der Waals surface area contributed by atoms with Gasteiger partial charge in [-0.1, -0.05) is 67.0 Å². The maximum atomic E-state index is 14.2. The number of benzene rings is 3. The summed E-state index contributed by atoms with van der Waals surface area (Å²) in [5.74, 6) is 12.4. The Balaban J connectivity index is 0.976. The number of nitrogens with zero attached hydrogens (tertiary/aromatic N) is 2. The summed E-state index contributed by atoms with van der Waals surface area (Å²) < 4.78 is 18.5. The molecule has 57 heavy (non-hydrogen) atoms. The number of hydrogen-bond acceptors (Lipinski definition) is 8. The zero-order valence-corrected chi connectivity index (χ0v) is 32.1. The van der Waals surface area contributed by atoms with Gasteiger partial charge in [-0.15, -0.1) is 0 Å². The lowest BCUT2D eigenvalue weighted by Crippen LogP contribution is -2.41. The van der Waals surface area contributed by atoms with Crippen LogP contribution in [0.25, 0.3) is 27.4 Å². The van der Waals surface area contributed by atoms with Gasteiger partial charge in [0.05, 0.1) is 37.3 Å². The number of carbonyl (C=O) groups excluding carboxylic acids is 2. The second-order valence-electron chi connectivity index (χ2n) is 14.7. The van der Waals surface area contributed by atoms with E-state index in [1.165, 1.54) is 0 Å². The molecule has 288 valence electrons. The smallest absolute Gasteiger partial charge is 0.258 e. The normalized spacial score (nSPS) is 22.6. The molecule has 3 aromatic carbocycles. The van der Waals surface area contributed by atoms with E-state index in [0.717, 1.165) is 51.3 Å². The number of allylic oxidation sites excluding steroid dienone is 4. The Morgan fingerprint density at radius 3 is 2.63 bits per heavy atom. The minimum absolute atomic E-state index is 0.0120. The average molecular weight is 761 g/mol. The molecule has 0 saturated carbocycles. The van der Waals surface area contributed by atoms with E-state index >= 15 is 0 Å². The van der Waals surface area contributed by atoms with Crippen LogP contribution in [0.2, 0.25) is 0 Å². The first kappa shape index (κ1) is 37.9. The molecule has 9 nitrogen and oxygen atoms in total. The van der Waals surface area contributed by atoms with Crippen LogP contribution in [-0.2, 0) is 16.0 Å². The first-order chi connectivity index (χ1) is 27.8. The van der Waals surface area contributed by atoms with E-state index in [4.69, 9.17) is 19.2 Å². The third-order valence-electron chi connectivity index (χ3n) is 11.0. The van der Waals surface area contributed by atoms with Crippen LogP contribution < -0.4 is 9.47 Å². The van der Waals surface area contributed by atoms with Crippen LogP contribution in [-0.4, -0.2) is 76.0 Å². The fraction of sp³-hybridized carbons (Fsp3) is 0.312. The SMILES string of the molecule is CC/C=C1\C2=C(C)C(=O)C[C@@]1(O)C#C/C=C\C#C[C@@H]2OCCCOc1cc2c(cc1OCCO)C(=O)N1C=C(c3ccc4cc5ccccc5nc4c3)CC1CC2. The molecule has 1 amide bonds. The number of pyridine rings is 1. The first-order valence-electron chi connectivity index (χ1n) is 19.6. The number of rotatable bonds is 11. The fourth-order valence-corrected chi connectivity index (χ4v) is 8.13. The number of aryl methyl sites for hydroxylation is 1. The molecule has 1 aromatic heterocycles. The number of aromatic nitrogens is 1. The van der Waals surface area contributed by atoms with Gasteiger partial charge in [0.25, 0.3) is 5.91 Å². The summed E-state index contributed by atoms with van der Waals surface area (Å²) in [6, 6.07) is 20.2. The molecule has 0 spiro atoms. The van der Waals surface area contributed by atoms with Crippen LogP contribution in [0.5, 0.6) is 11.5 Å². The second kappa shape index (κ2) is 16.3. The summed E-state index contributed by atoms with van der Waals surface area (Å²) in [7, 11) is 0.